The SMILES string of the molecule is CCn1nc(C(=O)O)c(-c2cc[nH]c2)n1. The van der Waals surface area contributed by atoms with Gasteiger partial charge in [-0.3, -0.25) is 0 Å². The van der Waals surface area contributed by atoms with Gasteiger partial charge in [-0.25, -0.2) is 4.79 Å². The summed E-state index contributed by atoms with van der Waals surface area (Å²) in [5.41, 5.74) is 1.11. The fourth-order valence-electron chi connectivity index (χ4n) is 1.30. The quantitative estimate of drug-likeness (QED) is 0.784. The van der Waals surface area contributed by atoms with Crippen LogP contribution in [0.1, 0.15) is 17.4 Å². The Kier molecular flexibility index (Phi) is 2.24. The molecule has 2 aromatic rings. The van der Waals surface area contributed by atoms with Crippen LogP contribution in [0.2, 0.25) is 0 Å². The molecule has 0 radical (unpaired) electrons. The molecular formula is C9H10N4O2. The number of rotatable bonds is 3. The predicted molar refractivity (Wildman–Crippen MR) is 52.4 cm³/mol. The van der Waals surface area contributed by atoms with E-state index in [1.165, 1.54) is 4.80 Å². The van der Waals surface area contributed by atoms with Crippen molar-refractivity contribution >= 4 is 5.97 Å². The number of nitrogens with one attached hydrogen (secondary N) is 1. The minimum Gasteiger partial charge on any atom is -0.476 e. The Morgan fingerprint density at radius 3 is 2.93 bits per heavy atom. The van der Waals surface area contributed by atoms with E-state index in [-0.39, 0.29) is 5.69 Å². The summed E-state index contributed by atoms with van der Waals surface area (Å²) in [6.07, 6.45) is 3.41. The Morgan fingerprint density at radius 2 is 2.40 bits per heavy atom. The summed E-state index contributed by atoms with van der Waals surface area (Å²) in [6, 6.07) is 1.76. The summed E-state index contributed by atoms with van der Waals surface area (Å²) in [5, 5.41) is 16.9. The molecule has 0 spiro atoms. The van der Waals surface area contributed by atoms with Gasteiger partial charge in [0.15, 0.2) is 5.69 Å². The lowest BCUT2D eigenvalue weighted by Gasteiger charge is -1.90. The number of carbonyl (C=O) groups is 1. The number of hydrogen-bond donors (Lipinski definition) is 2. The Labute approximate surface area is 85.5 Å². The van der Waals surface area contributed by atoms with Crippen LogP contribution < -0.4 is 0 Å². The molecule has 0 unspecified atom stereocenters. The number of hydrogen-bond acceptors (Lipinski definition) is 3. The van der Waals surface area contributed by atoms with Gasteiger partial charge < -0.3 is 10.1 Å². The van der Waals surface area contributed by atoms with Crippen LogP contribution in [0.15, 0.2) is 18.5 Å². The summed E-state index contributed by atoms with van der Waals surface area (Å²) < 4.78 is 0. The molecule has 0 aliphatic heterocycles. The molecule has 0 aliphatic carbocycles. The molecule has 0 aliphatic rings. The van der Waals surface area contributed by atoms with Gasteiger partial charge >= 0.3 is 5.97 Å². The Balaban J connectivity index is 2.54. The van der Waals surface area contributed by atoms with Gasteiger partial charge in [-0.15, -0.1) is 5.10 Å². The topological polar surface area (TPSA) is 83.8 Å². The van der Waals surface area contributed by atoms with Gasteiger partial charge in [-0.2, -0.15) is 9.90 Å². The van der Waals surface area contributed by atoms with Crippen molar-refractivity contribution in [3.05, 3.63) is 24.2 Å². The van der Waals surface area contributed by atoms with Crippen molar-refractivity contribution in [1.82, 2.24) is 20.0 Å². The number of H-pyrrole nitrogens is 1. The monoisotopic (exact) mass is 206 g/mol. The lowest BCUT2D eigenvalue weighted by molar-refractivity contribution is 0.0690. The van der Waals surface area contributed by atoms with Gasteiger partial charge in [-0.1, -0.05) is 0 Å². The Bertz CT molecular complexity index is 472. The second-order valence-electron chi connectivity index (χ2n) is 2.99. The fraction of sp³-hybridized carbons (Fsp3) is 0.222. The number of aryl methyl sites for hydroxylation is 1. The van der Waals surface area contributed by atoms with Crippen LogP contribution in [-0.2, 0) is 6.54 Å². The summed E-state index contributed by atoms with van der Waals surface area (Å²) >= 11 is 0. The third-order valence-electron chi connectivity index (χ3n) is 2.01. The average molecular weight is 206 g/mol. The highest BCUT2D eigenvalue weighted by atomic mass is 16.4. The molecule has 0 saturated heterocycles. The molecule has 2 N–H and O–H groups in total. The van der Waals surface area contributed by atoms with Crippen LogP contribution in [0.4, 0.5) is 0 Å². The third kappa shape index (κ3) is 1.61. The van der Waals surface area contributed by atoms with Crippen LogP contribution >= 0.6 is 0 Å². The first-order valence-corrected chi connectivity index (χ1v) is 4.54. The fourth-order valence-corrected chi connectivity index (χ4v) is 1.30. The molecule has 0 bridgehead atoms. The Hall–Kier alpha value is -2.11. The van der Waals surface area contributed by atoms with Gasteiger partial charge in [0.2, 0.25) is 0 Å². The van der Waals surface area contributed by atoms with Crippen molar-refractivity contribution in [3.8, 4) is 11.3 Å². The number of aromatic amines is 1. The van der Waals surface area contributed by atoms with Gasteiger partial charge in [0, 0.05) is 18.0 Å². The number of carboxylic acid groups (broad SMARTS) is 1. The van der Waals surface area contributed by atoms with Gasteiger partial charge in [0.1, 0.15) is 5.69 Å². The number of nitrogens with zero attached hydrogens (tertiary/aromatic N) is 3. The highest BCUT2D eigenvalue weighted by Gasteiger charge is 2.18. The minimum absolute atomic E-state index is 0.0172. The second kappa shape index (κ2) is 3.56. The van der Waals surface area contributed by atoms with E-state index in [1.54, 1.807) is 18.5 Å². The van der Waals surface area contributed by atoms with Crippen molar-refractivity contribution in [2.75, 3.05) is 0 Å². The molecule has 6 heteroatoms. The van der Waals surface area contributed by atoms with E-state index in [1.807, 2.05) is 6.92 Å². The van der Waals surface area contributed by atoms with Crippen molar-refractivity contribution in [2.45, 2.75) is 13.5 Å². The van der Waals surface area contributed by atoms with Crippen molar-refractivity contribution < 1.29 is 9.90 Å². The van der Waals surface area contributed by atoms with E-state index in [0.29, 0.717) is 12.2 Å². The largest absolute Gasteiger partial charge is 0.476 e. The normalized spacial score (nSPS) is 10.5. The number of carboxylic acids is 1. The summed E-state index contributed by atoms with van der Waals surface area (Å²) in [6.45, 7) is 2.40. The van der Waals surface area contributed by atoms with E-state index in [4.69, 9.17) is 5.11 Å². The Morgan fingerprint density at radius 1 is 1.60 bits per heavy atom. The molecule has 2 aromatic heterocycles. The third-order valence-corrected chi connectivity index (χ3v) is 2.01. The molecule has 0 aromatic carbocycles. The van der Waals surface area contributed by atoms with Crippen molar-refractivity contribution in [3.63, 3.8) is 0 Å². The van der Waals surface area contributed by atoms with Crippen LogP contribution in [-0.4, -0.2) is 31.1 Å². The average Bonchev–Trinajstić information content (AvgIpc) is 2.86. The molecule has 2 heterocycles. The van der Waals surface area contributed by atoms with Gasteiger partial charge in [-0.05, 0) is 13.0 Å². The molecular weight excluding hydrogens is 196 g/mol. The summed E-state index contributed by atoms with van der Waals surface area (Å²) in [4.78, 5) is 15.1. The van der Waals surface area contributed by atoms with Crippen molar-refractivity contribution in [1.29, 1.82) is 0 Å². The van der Waals surface area contributed by atoms with E-state index in [0.717, 1.165) is 5.56 Å². The van der Waals surface area contributed by atoms with E-state index in [9.17, 15) is 4.79 Å². The first-order valence-electron chi connectivity index (χ1n) is 4.54. The highest BCUT2D eigenvalue weighted by molar-refractivity contribution is 5.92. The standard InChI is InChI=1S/C9H10N4O2/c1-2-13-11-7(6-3-4-10-5-6)8(12-13)9(14)15/h3-5,10H,2H2,1H3,(H,14,15). The van der Waals surface area contributed by atoms with E-state index >= 15 is 0 Å². The summed E-state index contributed by atoms with van der Waals surface area (Å²) in [5.74, 6) is -1.06. The first kappa shape index (κ1) is 9.45. The van der Waals surface area contributed by atoms with Gasteiger partial charge in [0.05, 0.1) is 6.54 Å². The smallest absolute Gasteiger partial charge is 0.358 e. The molecule has 2 rings (SSSR count). The van der Waals surface area contributed by atoms with Crippen LogP contribution in [0, 0.1) is 0 Å². The molecule has 0 saturated carbocycles. The first-order chi connectivity index (χ1) is 7.22. The second-order valence-corrected chi connectivity index (χ2v) is 2.99. The van der Waals surface area contributed by atoms with Crippen molar-refractivity contribution in [2.24, 2.45) is 0 Å². The lowest BCUT2D eigenvalue weighted by atomic mass is 10.2. The highest BCUT2D eigenvalue weighted by Crippen LogP contribution is 2.19. The zero-order chi connectivity index (χ0) is 10.8. The van der Waals surface area contributed by atoms with Crippen LogP contribution in [0.3, 0.4) is 0 Å². The molecule has 78 valence electrons. The van der Waals surface area contributed by atoms with E-state index in [2.05, 4.69) is 15.2 Å². The minimum atomic E-state index is -1.06. The van der Waals surface area contributed by atoms with Gasteiger partial charge in [0.25, 0.3) is 0 Å². The molecule has 0 amide bonds. The lowest BCUT2D eigenvalue weighted by Crippen LogP contribution is -2.02. The molecule has 6 nitrogen and oxygen atoms in total. The zero-order valence-corrected chi connectivity index (χ0v) is 8.14. The predicted octanol–water partition coefficient (Wildman–Crippen LogP) is 0.991. The molecule has 0 atom stereocenters. The number of aromatic carboxylic acids is 1. The van der Waals surface area contributed by atoms with Crippen LogP contribution in [0.25, 0.3) is 11.3 Å². The number of aromatic nitrogens is 4. The zero-order valence-electron chi connectivity index (χ0n) is 8.14. The van der Waals surface area contributed by atoms with Crippen LogP contribution in [0.5, 0.6) is 0 Å². The molecule has 15 heavy (non-hydrogen) atoms. The maximum Gasteiger partial charge on any atom is 0.358 e. The van der Waals surface area contributed by atoms with E-state index < -0.39 is 5.97 Å². The maximum atomic E-state index is 10.9. The molecule has 0 fully saturated rings. The maximum absolute atomic E-state index is 10.9. The summed E-state index contributed by atoms with van der Waals surface area (Å²) in [7, 11) is 0.